The molecule has 2 aromatic carbocycles. The predicted molar refractivity (Wildman–Crippen MR) is 79.7 cm³/mol. The van der Waals surface area contributed by atoms with E-state index in [4.69, 9.17) is 14.2 Å². The van der Waals surface area contributed by atoms with Gasteiger partial charge in [-0.25, -0.2) is 0 Å². The molecule has 0 saturated heterocycles. The van der Waals surface area contributed by atoms with Crippen LogP contribution in [0.3, 0.4) is 0 Å². The Bertz CT molecular complexity index is 554. The van der Waals surface area contributed by atoms with Crippen molar-refractivity contribution in [3.63, 3.8) is 0 Å². The van der Waals surface area contributed by atoms with Gasteiger partial charge in [0.25, 0.3) is 0 Å². The van der Waals surface area contributed by atoms with Crippen LogP contribution < -0.4 is 4.74 Å². The molecule has 3 nitrogen and oxygen atoms in total. The van der Waals surface area contributed by atoms with Crippen LogP contribution in [0.5, 0.6) is 5.75 Å². The largest absolute Gasteiger partial charge is 0.467 e. The predicted octanol–water partition coefficient (Wildman–Crippen LogP) is 3.91. The first kappa shape index (κ1) is 14.3. The quantitative estimate of drug-likeness (QED) is 0.595. The summed E-state index contributed by atoms with van der Waals surface area (Å²) in [6, 6.07) is 10.2. The fourth-order valence-corrected chi connectivity index (χ4v) is 2.69. The maximum Gasteiger partial charge on any atom is 0.189 e. The molecule has 102 valence electrons. The first-order chi connectivity index (χ1) is 9.22. The van der Waals surface area contributed by atoms with Gasteiger partial charge in [-0.2, -0.15) is 0 Å². The summed E-state index contributed by atoms with van der Waals surface area (Å²) in [5, 5.41) is 2.37. The smallest absolute Gasteiger partial charge is 0.189 e. The molecule has 19 heavy (non-hydrogen) atoms. The number of benzene rings is 2. The number of hydrogen-bond donors (Lipinski definition) is 0. The number of rotatable bonds is 6. The van der Waals surface area contributed by atoms with Gasteiger partial charge >= 0.3 is 0 Å². The van der Waals surface area contributed by atoms with Crippen LogP contribution in [0.25, 0.3) is 10.8 Å². The monoisotopic (exact) mass is 324 g/mol. The normalized spacial score (nSPS) is 10.9. The lowest BCUT2D eigenvalue weighted by Gasteiger charge is -2.10. The van der Waals surface area contributed by atoms with Crippen molar-refractivity contribution < 1.29 is 14.2 Å². The van der Waals surface area contributed by atoms with Crippen molar-refractivity contribution in [3.05, 3.63) is 40.4 Å². The van der Waals surface area contributed by atoms with Gasteiger partial charge in [0.2, 0.25) is 0 Å². The second-order valence-electron chi connectivity index (χ2n) is 4.24. The standard InChI is InChI=1S/C15H17BrO3/c1-11-4-3-5-12-8-13(9-14(16)15(11)12)19-10-18-7-6-17-2/h3-5,8-9H,6-7,10H2,1-2H3. The summed E-state index contributed by atoms with van der Waals surface area (Å²) >= 11 is 3.59. The first-order valence-electron chi connectivity index (χ1n) is 6.10. The second kappa shape index (κ2) is 6.89. The molecule has 2 aromatic rings. The maximum absolute atomic E-state index is 5.57. The van der Waals surface area contributed by atoms with Gasteiger partial charge in [0, 0.05) is 11.6 Å². The summed E-state index contributed by atoms with van der Waals surface area (Å²) in [7, 11) is 1.65. The van der Waals surface area contributed by atoms with Crippen LogP contribution in [0.4, 0.5) is 0 Å². The number of aryl methyl sites for hydroxylation is 1. The van der Waals surface area contributed by atoms with E-state index in [9.17, 15) is 0 Å². The van der Waals surface area contributed by atoms with Crippen molar-refractivity contribution in [2.45, 2.75) is 6.92 Å². The highest BCUT2D eigenvalue weighted by Gasteiger charge is 2.05. The molecule has 0 saturated carbocycles. The molecule has 0 bridgehead atoms. The number of halogens is 1. The molecule has 0 aliphatic heterocycles. The van der Waals surface area contributed by atoms with Crippen LogP contribution in [0.1, 0.15) is 5.56 Å². The van der Waals surface area contributed by atoms with E-state index in [-0.39, 0.29) is 6.79 Å². The van der Waals surface area contributed by atoms with E-state index < -0.39 is 0 Å². The van der Waals surface area contributed by atoms with Gasteiger partial charge < -0.3 is 14.2 Å². The summed E-state index contributed by atoms with van der Waals surface area (Å²) in [5.41, 5.74) is 1.24. The van der Waals surface area contributed by atoms with Gasteiger partial charge in [-0.3, -0.25) is 0 Å². The molecule has 0 atom stereocenters. The van der Waals surface area contributed by atoms with Crippen LogP contribution >= 0.6 is 15.9 Å². The molecule has 0 amide bonds. The SMILES string of the molecule is COCCOCOc1cc(Br)c2c(C)cccc2c1. The van der Waals surface area contributed by atoms with Crippen molar-refractivity contribution in [2.24, 2.45) is 0 Å². The zero-order chi connectivity index (χ0) is 13.7. The van der Waals surface area contributed by atoms with E-state index >= 15 is 0 Å². The van der Waals surface area contributed by atoms with Crippen LogP contribution in [0, 0.1) is 6.92 Å². The van der Waals surface area contributed by atoms with E-state index in [0.717, 1.165) is 15.6 Å². The molecular weight excluding hydrogens is 308 g/mol. The van der Waals surface area contributed by atoms with Gasteiger partial charge in [0.05, 0.1) is 13.2 Å². The minimum absolute atomic E-state index is 0.229. The lowest BCUT2D eigenvalue weighted by atomic mass is 10.1. The Kier molecular flexibility index (Phi) is 5.19. The van der Waals surface area contributed by atoms with Crippen molar-refractivity contribution in [1.82, 2.24) is 0 Å². The number of hydrogen-bond acceptors (Lipinski definition) is 3. The molecule has 0 aliphatic rings. The number of fused-ring (bicyclic) bond motifs is 1. The van der Waals surface area contributed by atoms with E-state index in [2.05, 4.69) is 35.0 Å². The van der Waals surface area contributed by atoms with Gasteiger partial charge in [0.15, 0.2) is 6.79 Å². The summed E-state index contributed by atoms with van der Waals surface area (Å²) in [6.45, 7) is 3.43. The molecule has 0 N–H and O–H groups in total. The average Bonchev–Trinajstić information content (AvgIpc) is 2.38. The Morgan fingerprint density at radius 2 is 2.00 bits per heavy atom. The third-order valence-corrected chi connectivity index (χ3v) is 3.48. The topological polar surface area (TPSA) is 27.7 Å². The Labute approximate surface area is 121 Å². The van der Waals surface area contributed by atoms with Crippen LogP contribution in [0.15, 0.2) is 34.8 Å². The lowest BCUT2D eigenvalue weighted by molar-refractivity contribution is -0.00843. The fraction of sp³-hybridized carbons (Fsp3) is 0.333. The fourth-order valence-electron chi connectivity index (χ4n) is 1.92. The van der Waals surface area contributed by atoms with Crippen LogP contribution in [0.2, 0.25) is 0 Å². The highest BCUT2D eigenvalue weighted by atomic mass is 79.9. The Balaban J connectivity index is 2.09. The Hall–Kier alpha value is -1.10. The molecular formula is C15H17BrO3. The summed E-state index contributed by atoms with van der Waals surface area (Å²) in [6.07, 6.45) is 0. The van der Waals surface area contributed by atoms with Gasteiger partial charge in [0.1, 0.15) is 5.75 Å². The van der Waals surface area contributed by atoms with Crippen LogP contribution in [-0.4, -0.2) is 27.1 Å². The molecule has 2 rings (SSSR count). The minimum atomic E-state index is 0.229. The molecule has 0 fully saturated rings. The van der Waals surface area contributed by atoms with E-state index in [1.807, 2.05) is 18.2 Å². The Morgan fingerprint density at radius 1 is 1.16 bits per heavy atom. The highest BCUT2D eigenvalue weighted by Crippen LogP contribution is 2.31. The van der Waals surface area contributed by atoms with E-state index in [0.29, 0.717) is 13.2 Å². The Morgan fingerprint density at radius 3 is 2.79 bits per heavy atom. The molecule has 4 heteroatoms. The molecule has 0 heterocycles. The third kappa shape index (κ3) is 3.69. The van der Waals surface area contributed by atoms with E-state index in [1.165, 1.54) is 10.9 Å². The molecule has 0 radical (unpaired) electrons. The van der Waals surface area contributed by atoms with Crippen molar-refractivity contribution >= 4 is 26.7 Å². The van der Waals surface area contributed by atoms with Crippen molar-refractivity contribution in [3.8, 4) is 5.75 Å². The van der Waals surface area contributed by atoms with Crippen LogP contribution in [-0.2, 0) is 9.47 Å². The zero-order valence-corrected chi connectivity index (χ0v) is 12.7. The summed E-state index contributed by atoms with van der Waals surface area (Å²) in [4.78, 5) is 0. The summed E-state index contributed by atoms with van der Waals surface area (Å²) < 4.78 is 16.8. The first-order valence-corrected chi connectivity index (χ1v) is 6.90. The van der Waals surface area contributed by atoms with Gasteiger partial charge in [-0.15, -0.1) is 0 Å². The molecule has 0 spiro atoms. The molecule has 0 unspecified atom stereocenters. The number of methoxy groups -OCH3 is 1. The average molecular weight is 325 g/mol. The third-order valence-electron chi connectivity index (χ3n) is 2.85. The van der Waals surface area contributed by atoms with Gasteiger partial charge in [-0.1, -0.05) is 34.1 Å². The highest BCUT2D eigenvalue weighted by molar-refractivity contribution is 9.10. The van der Waals surface area contributed by atoms with E-state index in [1.54, 1.807) is 7.11 Å². The van der Waals surface area contributed by atoms with Crippen molar-refractivity contribution in [1.29, 1.82) is 0 Å². The second-order valence-corrected chi connectivity index (χ2v) is 5.10. The zero-order valence-electron chi connectivity index (χ0n) is 11.1. The number of ether oxygens (including phenoxy) is 3. The molecule has 0 aliphatic carbocycles. The van der Waals surface area contributed by atoms with Crippen molar-refractivity contribution in [2.75, 3.05) is 27.1 Å². The molecule has 0 aromatic heterocycles. The lowest BCUT2D eigenvalue weighted by Crippen LogP contribution is -2.07. The van der Waals surface area contributed by atoms with Gasteiger partial charge in [-0.05, 0) is 35.4 Å². The minimum Gasteiger partial charge on any atom is -0.467 e. The maximum atomic E-state index is 5.57. The summed E-state index contributed by atoms with van der Waals surface area (Å²) in [5.74, 6) is 0.794.